The summed E-state index contributed by atoms with van der Waals surface area (Å²) in [6.45, 7) is 1.20. The molecule has 2 amide bonds. The normalized spacial score (nSPS) is 22.3. The van der Waals surface area contributed by atoms with Gasteiger partial charge < -0.3 is 15.5 Å². The van der Waals surface area contributed by atoms with Crippen LogP contribution in [0.2, 0.25) is 0 Å². The van der Waals surface area contributed by atoms with Gasteiger partial charge in [0.25, 0.3) is 0 Å². The van der Waals surface area contributed by atoms with Gasteiger partial charge >= 0.3 is 6.18 Å². The first-order chi connectivity index (χ1) is 20.7. The van der Waals surface area contributed by atoms with E-state index in [0.717, 1.165) is 28.8 Å². The zero-order valence-electron chi connectivity index (χ0n) is 23.7. The third-order valence-corrected chi connectivity index (χ3v) is 8.59. The lowest BCUT2D eigenvalue weighted by molar-refractivity contribution is -0.139. The molecule has 0 bridgehead atoms. The second-order valence-corrected chi connectivity index (χ2v) is 11.6. The zero-order chi connectivity index (χ0) is 30.1. The van der Waals surface area contributed by atoms with Gasteiger partial charge in [0.05, 0.1) is 17.1 Å². The van der Waals surface area contributed by atoms with Crippen molar-refractivity contribution >= 4 is 22.8 Å². The highest BCUT2D eigenvalue weighted by Crippen LogP contribution is 2.33. The Kier molecular flexibility index (Phi) is 7.91. The van der Waals surface area contributed by atoms with Crippen LogP contribution in [0.25, 0.3) is 11.0 Å². The van der Waals surface area contributed by atoms with Crippen molar-refractivity contribution in [2.45, 2.75) is 50.0 Å². The van der Waals surface area contributed by atoms with Crippen LogP contribution in [-0.2, 0) is 35.8 Å². The Morgan fingerprint density at radius 2 is 1.81 bits per heavy atom. The predicted octanol–water partition coefficient (Wildman–Crippen LogP) is 4.21. The summed E-state index contributed by atoms with van der Waals surface area (Å²) >= 11 is 0. The second-order valence-electron chi connectivity index (χ2n) is 11.6. The quantitative estimate of drug-likeness (QED) is 0.337. The van der Waals surface area contributed by atoms with Crippen molar-refractivity contribution in [3.8, 4) is 0 Å². The van der Waals surface area contributed by atoms with E-state index in [9.17, 15) is 22.8 Å². The van der Waals surface area contributed by atoms with E-state index in [1.54, 1.807) is 22.7 Å². The van der Waals surface area contributed by atoms with Gasteiger partial charge in [0.2, 0.25) is 11.8 Å². The Labute approximate surface area is 247 Å². The molecule has 2 aliphatic heterocycles. The molecule has 6 rings (SSSR count). The molecule has 0 radical (unpaired) electrons. The van der Waals surface area contributed by atoms with E-state index >= 15 is 0 Å². The van der Waals surface area contributed by atoms with Gasteiger partial charge in [-0.05, 0) is 66.0 Å². The number of amides is 2. The molecule has 2 aliphatic rings. The smallest absolute Gasteiger partial charge is 0.350 e. The number of likely N-dealkylation sites (tertiary alicyclic amines) is 1. The number of rotatable bonds is 7. The average molecular weight is 591 g/mol. The third kappa shape index (κ3) is 6.27. The van der Waals surface area contributed by atoms with Crippen molar-refractivity contribution in [3.05, 3.63) is 95.1 Å². The van der Waals surface area contributed by atoms with E-state index in [0.29, 0.717) is 43.4 Å². The van der Waals surface area contributed by atoms with Gasteiger partial charge in [0.1, 0.15) is 11.6 Å². The number of carbonyl (C=O) groups excluding carboxylic acids is 2. The molecule has 3 heterocycles. The molecule has 3 aromatic carbocycles. The Balaban J connectivity index is 1.18. The SMILES string of the molecule is Cn1nnc2cc(CNC(=O)[C@@H]3C[C@@H](Cc4cccc(C(F)(F)F)c4)CN3C(=O)[C@H]3C[C@@H](c4ccccc4)CN3)ccc21. The van der Waals surface area contributed by atoms with Crippen LogP contribution >= 0.6 is 0 Å². The summed E-state index contributed by atoms with van der Waals surface area (Å²) in [5, 5.41) is 14.5. The Morgan fingerprint density at radius 3 is 2.60 bits per heavy atom. The predicted molar refractivity (Wildman–Crippen MR) is 155 cm³/mol. The summed E-state index contributed by atoms with van der Waals surface area (Å²) in [4.78, 5) is 29.1. The first-order valence-electron chi connectivity index (χ1n) is 14.5. The van der Waals surface area contributed by atoms with Gasteiger partial charge in [0.15, 0.2) is 0 Å². The number of nitrogens with zero attached hydrogens (tertiary/aromatic N) is 4. The van der Waals surface area contributed by atoms with Gasteiger partial charge in [-0.15, -0.1) is 5.10 Å². The van der Waals surface area contributed by atoms with Gasteiger partial charge in [0, 0.05) is 26.7 Å². The summed E-state index contributed by atoms with van der Waals surface area (Å²) in [7, 11) is 1.81. The fourth-order valence-corrected chi connectivity index (χ4v) is 6.38. The van der Waals surface area contributed by atoms with Crippen LogP contribution in [0.5, 0.6) is 0 Å². The minimum absolute atomic E-state index is 0.147. The van der Waals surface area contributed by atoms with E-state index in [1.165, 1.54) is 6.07 Å². The Hall–Kier alpha value is -4.25. The van der Waals surface area contributed by atoms with Gasteiger partial charge in [-0.3, -0.25) is 9.59 Å². The number of nitrogens with one attached hydrogen (secondary N) is 2. The lowest BCUT2D eigenvalue weighted by Gasteiger charge is -2.27. The van der Waals surface area contributed by atoms with Crippen molar-refractivity contribution in [1.29, 1.82) is 0 Å². The highest BCUT2D eigenvalue weighted by Gasteiger charge is 2.43. The third-order valence-electron chi connectivity index (χ3n) is 8.59. The number of aryl methyl sites for hydroxylation is 1. The lowest BCUT2D eigenvalue weighted by atomic mass is 9.95. The molecule has 43 heavy (non-hydrogen) atoms. The summed E-state index contributed by atoms with van der Waals surface area (Å²) in [6, 6.07) is 19.8. The van der Waals surface area contributed by atoms with Crippen LogP contribution in [0.3, 0.4) is 0 Å². The Bertz CT molecular complexity index is 1620. The zero-order valence-corrected chi connectivity index (χ0v) is 23.7. The van der Waals surface area contributed by atoms with E-state index < -0.39 is 23.8 Å². The molecule has 2 saturated heterocycles. The molecule has 0 saturated carbocycles. The van der Waals surface area contributed by atoms with E-state index in [2.05, 4.69) is 33.1 Å². The summed E-state index contributed by atoms with van der Waals surface area (Å²) in [5.74, 6) is -0.407. The molecule has 4 atom stereocenters. The van der Waals surface area contributed by atoms with E-state index in [4.69, 9.17) is 0 Å². The molecule has 4 aromatic rings. The number of hydrogen-bond donors (Lipinski definition) is 2. The van der Waals surface area contributed by atoms with E-state index in [1.807, 2.05) is 36.4 Å². The molecule has 8 nitrogen and oxygen atoms in total. The van der Waals surface area contributed by atoms with Crippen molar-refractivity contribution in [2.24, 2.45) is 13.0 Å². The monoisotopic (exact) mass is 590 g/mol. The molecule has 0 spiro atoms. The van der Waals surface area contributed by atoms with Gasteiger partial charge in [-0.2, -0.15) is 13.2 Å². The number of alkyl halides is 3. The fourth-order valence-electron chi connectivity index (χ4n) is 6.38. The Morgan fingerprint density at radius 1 is 1.00 bits per heavy atom. The van der Waals surface area contributed by atoms with Crippen LogP contribution in [0.4, 0.5) is 13.2 Å². The molecule has 224 valence electrons. The summed E-state index contributed by atoms with van der Waals surface area (Å²) in [6.07, 6.45) is -3.12. The molecule has 1 aromatic heterocycles. The maximum Gasteiger partial charge on any atom is 0.416 e. The van der Waals surface area contributed by atoms with Crippen molar-refractivity contribution in [2.75, 3.05) is 13.1 Å². The van der Waals surface area contributed by atoms with Crippen LogP contribution in [-0.4, -0.2) is 56.9 Å². The molecule has 2 fully saturated rings. The maximum absolute atomic E-state index is 13.9. The van der Waals surface area contributed by atoms with Crippen molar-refractivity contribution in [3.63, 3.8) is 0 Å². The number of fused-ring (bicyclic) bond motifs is 1. The molecule has 0 aliphatic carbocycles. The molecule has 2 N–H and O–H groups in total. The average Bonchev–Trinajstić information content (AvgIpc) is 3.75. The topological polar surface area (TPSA) is 92.2 Å². The minimum atomic E-state index is -4.44. The van der Waals surface area contributed by atoms with Crippen LogP contribution in [0.1, 0.15) is 41.0 Å². The molecule has 0 unspecified atom stereocenters. The highest BCUT2D eigenvalue weighted by molar-refractivity contribution is 5.90. The van der Waals surface area contributed by atoms with Crippen molar-refractivity contribution < 1.29 is 22.8 Å². The minimum Gasteiger partial charge on any atom is -0.350 e. The summed E-state index contributed by atoms with van der Waals surface area (Å²) < 4.78 is 41.7. The van der Waals surface area contributed by atoms with Crippen LogP contribution < -0.4 is 10.6 Å². The van der Waals surface area contributed by atoms with Crippen molar-refractivity contribution in [1.82, 2.24) is 30.5 Å². The summed E-state index contributed by atoms with van der Waals surface area (Å²) in [5.41, 5.74) is 3.43. The maximum atomic E-state index is 13.9. The number of carbonyl (C=O) groups is 2. The standard InChI is InChI=1S/C32H33F3N6O2/c1-40-28-11-10-21(14-26(28)38-39-40)17-37-30(42)29-15-22(12-20-6-5-9-25(13-20)32(33,34)35)19-41(29)31(43)27-16-24(18-36-27)23-7-3-2-4-8-23/h2-11,13-14,22,24,27,29,36H,12,15-19H2,1H3,(H,37,42)/t22-,24-,27-,29+/m1/s1. The first kappa shape index (κ1) is 28.9. The number of hydrogen-bond acceptors (Lipinski definition) is 5. The highest BCUT2D eigenvalue weighted by atomic mass is 19.4. The lowest BCUT2D eigenvalue weighted by Crippen LogP contribution is -2.51. The number of halogens is 3. The molecule has 11 heteroatoms. The first-order valence-corrected chi connectivity index (χ1v) is 14.5. The largest absolute Gasteiger partial charge is 0.416 e. The second kappa shape index (κ2) is 11.8. The molecular weight excluding hydrogens is 557 g/mol. The number of aromatic nitrogens is 3. The molecular formula is C32H33F3N6O2. The van der Waals surface area contributed by atoms with Crippen LogP contribution in [0, 0.1) is 5.92 Å². The van der Waals surface area contributed by atoms with E-state index in [-0.39, 0.29) is 30.2 Å². The van der Waals surface area contributed by atoms with Gasteiger partial charge in [-0.1, -0.05) is 59.8 Å². The van der Waals surface area contributed by atoms with Crippen LogP contribution in [0.15, 0.2) is 72.8 Å². The fraction of sp³-hybridized carbons (Fsp3) is 0.375. The van der Waals surface area contributed by atoms with Gasteiger partial charge in [-0.25, -0.2) is 4.68 Å². The number of benzene rings is 3.